The number of benzene rings is 2. The molecule has 0 saturated carbocycles. The van der Waals surface area contributed by atoms with Gasteiger partial charge >= 0.3 is 0 Å². The number of phenols is 2. The quantitative estimate of drug-likeness (QED) is 0.785. The largest absolute Gasteiger partial charge is 0.507 e. The zero-order valence-corrected chi connectivity index (χ0v) is 8.70. The van der Waals surface area contributed by atoms with Gasteiger partial charge in [-0.05, 0) is 18.1 Å². The lowest BCUT2D eigenvalue weighted by molar-refractivity contribution is 0.470. The number of aryl methyl sites for hydroxylation is 1. The summed E-state index contributed by atoms with van der Waals surface area (Å²) >= 11 is 0. The van der Waals surface area contributed by atoms with E-state index in [0.717, 1.165) is 23.8 Å². The van der Waals surface area contributed by atoms with Crippen molar-refractivity contribution >= 4 is 10.8 Å². The van der Waals surface area contributed by atoms with E-state index in [1.165, 1.54) is 0 Å². The molecule has 0 saturated heterocycles. The van der Waals surface area contributed by atoms with Crippen LogP contribution in [0.1, 0.15) is 18.9 Å². The van der Waals surface area contributed by atoms with E-state index in [4.69, 9.17) is 0 Å². The normalized spacial score (nSPS) is 10.7. The topological polar surface area (TPSA) is 40.5 Å². The first-order valence-electron chi connectivity index (χ1n) is 5.16. The Hall–Kier alpha value is -1.70. The summed E-state index contributed by atoms with van der Waals surface area (Å²) in [6.45, 7) is 2.08. The van der Waals surface area contributed by atoms with E-state index in [-0.39, 0.29) is 5.75 Å². The van der Waals surface area contributed by atoms with Crippen molar-refractivity contribution in [2.75, 3.05) is 0 Å². The Balaban J connectivity index is 2.68. The minimum Gasteiger partial charge on any atom is -0.507 e. The molecule has 2 aromatic rings. The summed E-state index contributed by atoms with van der Waals surface area (Å²) in [5.41, 5.74) is 0.940. The molecule has 0 aliphatic heterocycles. The number of aromatic hydroxyl groups is 2. The molecular weight excluding hydrogens is 188 g/mol. The third-order valence-electron chi connectivity index (χ3n) is 2.61. The van der Waals surface area contributed by atoms with Gasteiger partial charge in [0.05, 0.1) is 0 Å². The second-order valence-corrected chi connectivity index (χ2v) is 3.70. The van der Waals surface area contributed by atoms with Crippen LogP contribution in [0, 0.1) is 0 Å². The molecule has 2 N–H and O–H groups in total. The van der Waals surface area contributed by atoms with E-state index in [2.05, 4.69) is 6.92 Å². The first-order valence-corrected chi connectivity index (χ1v) is 5.16. The van der Waals surface area contributed by atoms with E-state index in [0.29, 0.717) is 11.1 Å². The number of rotatable bonds is 2. The molecule has 0 heterocycles. The molecule has 15 heavy (non-hydrogen) atoms. The van der Waals surface area contributed by atoms with Crippen LogP contribution in [0.15, 0.2) is 30.3 Å². The van der Waals surface area contributed by atoms with Crippen LogP contribution in [0.25, 0.3) is 10.8 Å². The Morgan fingerprint density at radius 3 is 2.53 bits per heavy atom. The maximum atomic E-state index is 9.99. The molecule has 0 aromatic heterocycles. The lowest BCUT2D eigenvalue weighted by atomic mass is 10.0. The van der Waals surface area contributed by atoms with Crippen LogP contribution >= 0.6 is 0 Å². The van der Waals surface area contributed by atoms with Crippen molar-refractivity contribution in [2.45, 2.75) is 19.8 Å². The molecule has 2 aromatic carbocycles. The highest BCUT2D eigenvalue weighted by Crippen LogP contribution is 2.33. The maximum Gasteiger partial charge on any atom is 0.126 e. The van der Waals surface area contributed by atoms with Gasteiger partial charge in [-0.25, -0.2) is 0 Å². The predicted molar refractivity (Wildman–Crippen MR) is 61.3 cm³/mol. The minimum absolute atomic E-state index is 0.214. The van der Waals surface area contributed by atoms with Crippen molar-refractivity contribution in [3.8, 4) is 11.5 Å². The van der Waals surface area contributed by atoms with Gasteiger partial charge < -0.3 is 10.2 Å². The molecule has 78 valence electrons. The highest BCUT2D eigenvalue weighted by Gasteiger charge is 2.07. The second-order valence-electron chi connectivity index (χ2n) is 3.70. The van der Waals surface area contributed by atoms with E-state index < -0.39 is 0 Å². The van der Waals surface area contributed by atoms with Gasteiger partial charge in [-0.1, -0.05) is 37.6 Å². The summed E-state index contributed by atoms with van der Waals surface area (Å²) in [4.78, 5) is 0. The van der Waals surface area contributed by atoms with Crippen molar-refractivity contribution in [3.05, 3.63) is 35.9 Å². The first kappa shape index (κ1) is 9.84. The monoisotopic (exact) mass is 202 g/mol. The SMILES string of the molecule is CCCc1ccc2c(O)cccc2c1O. The van der Waals surface area contributed by atoms with Crippen molar-refractivity contribution in [3.63, 3.8) is 0 Å². The summed E-state index contributed by atoms with van der Waals surface area (Å²) in [6, 6.07) is 8.92. The van der Waals surface area contributed by atoms with Crippen molar-refractivity contribution in [1.82, 2.24) is 0 Å². The molecule has 0 atom stereocenters. The standard InChI is InChI=1S/C13H14O2/c1-2-4-9-7-8-10-11(13(9)15)5-3-6-12(10)14/h3,5-8,14-15H,2,4H2,1H3. The van der Waals surface area contributed by atoms with Gasteiger partial charge in [0.2, 0.25) is 0 Å². The number of fused-ring (bicyclic) bond motifs is 1. The Bertz CT molecular complexity index is 489. The Kier molecular flexibility index (Phi) is 2.50. The minimum atomic E-state index is 0.214. The summed E-state index contributed by atoms with van der Waals surface area (Å²) in [5, 5.41) is 21.0. The van der Waals surface area contributed by atoms with Crippen LogP contribution in [0.3, 0.4) is 0 Å². The van der Waals surface area contributed by atoms with Crippen LogP contribution in [-0.4, -0.2) is 10.2 Å². The Morgan fingerprint density at radius 2 is 1.80 bits per heavy atom. The number of phenolic OH excluding ortho intramolecular Hbond substituents is 2. The molecule has 0 bridgehead atoms. The summed E-state index contributed by atoms with van der Waals surface area (Å²) in [7, 11) is 0. The van der Waals surface area contributed by atoms with Gasteiger partial charge in [0.25, 0.3) is 0 Å². The Morgan fingerprint density at radius 1 is 1.00 bits per heavy atom. The molecule has 0 radical (unpaired) electrons. The zero-order valence-electron chi connectivity index (χ0n) is 8.70. The van der Waals surface area contributed by atoms with E-state index >= 15 is 0 Å². The van der Waals surface area contributed by atoms with Crippen LogP contribution < -0.4 is 0 Å². The molecule has 0 unspecified atom stereocenters. The fourth-order valence-electron chi connectivity index (χ4n) is 1.84. The Labute approximate surface area is 88.8 Å². The highest BCUT2D eigenvalue weighted by atomic mass is 16.3. The molecule has 0 aliphatic carbocycles. The van der Waals surface area contributed by atoms with Crippen molar-refractivity contribution in [1.29, 1.82) is 0 Å². The van der Waals surface area contributed by atoms with Gasteiger partial charge in [-0.3, -0.25) is 0 Å². The number of hydrogen-bond donors (Lipinski definition) is 2. The number of hydrogen-bond acceptors (Lipinski definition) is 2. The fourth-order valence-corrected chi connectivity index (χ4v) is 1.84. The van der Waals surface area contributed by atoms with E-state index in [1.54, 1.807) is 12.1 Å². The fraction of sp³-hybridized carbons (Fsp3) is 0.231. The van der Waals surface area contributed by atoms with Crippen molar-refractivity contribution < 1.29 is 10.2 Å². The second kappa shape index (κ2) is 3.81. The molecule has 0 aliphatic rings. The predicted octanol–water partition coefficient (Wildman–Crippen LogP) is 3.20. The van der Waals surface area contributed by atoms with Crippen LogP contribution in [-0.2, 0) is 6.42 Å². The zero-order chi connectivity index (χ0) is 10.8. The lowest BCUT2D eigenvalue weighted by Crippen LogP contribution is -1.85. The van der Waals surface area contributed by atoms with Gasteiger partial charge in [0.1, 0.15) is 11.5 Å². The average Bonchev–Trinajstić information content (AvgIpc) is 2.23. The molecule has 0 fully saturated rings. The highest BCUT2D eigenvalue weighted by molar-refractivity contribution is 5.93. The van der Waals surface area contributed by atoms with Gasteiger partial charge in [0.15, 0.2) is 0 Å². The van der Waals surface area contributed by atoms with Gasteiger partial charge in [-0.2, -0.15) is 0 Å². The van der Waals surface area contributed by atoms with Crippen LogP contribution in [0.5, 0.6) is 11.5 Å². The summed E-state index contributed by atoms with van der Waals surface area (Å²) in [6.07, 6.45) is 1.86. The third kappa shape index (κ3) is 1.63. The maximum absolute atomic E-state index is 9.99. The molecule has 2 heteroatoms. The summed E-state index contributed by atoms with van der Waals surface area (Å²) < 4.78 is 0. The van der Waals surface area contributed by atoms with E-state index in [1.807, 2.05) is 18.2 Å². The molecule has 0 spiro atoms. The average molecular weight is 202 g/mol. The smallest absolute Gasteiger partial charge is 0.126 e. The molecule has 2 rings (SSSR count). The van der Waals surface area contributed by atoms with Gasteiger partial charge in [0, 0.05) is 10.8 Å². The molecule has 0 amide bonds. The molecular formula is C13H14O2. The van der Waals surface area contributed by atoms with E-state index in [9.17, 15) is 10.2 Å². The first-order chi connectivity index (χ1) is 7.24. The third-order valence-corrected chi connectivity index (χ3v) is 2.61. The summed E-state index contributed by atoms with van der Waals surface area (Å²) in [5.74, 6) is 0.510. The molecule has 2 nitrogen and oxygen atoms in total. The van der Waals surface area contributed by atoms with Gasteiger partial charge in [-0.15, -0.1) is 0 Å². The lowest BCUT2D eigenvalue weighted by Gasteiger charge is -2.07. The van der Waals surface area contributed by atoms with Crippen molar-refractivity contribution in [2.24, 2.45) is 0 Å². The van der Waals surface area contributed by atoms with Crippen LogP contribution in [0.2, 0.25) is 0 Å². The van der Waals surface area contributed by atoms with Crippen LogP contribution in [0.4, 0.5) is 0 Å².